The van der Waals surface area contributed by atoms with Crippen molar-refractivity contribution >= 4 is 5.91 Å². The maximum atomic E-state index is 12.1. The molecule has 94 valence electrons. The van der Waals surface area contributed by atoms with Gasteiger partial charge in [0.1, 0.15) is 6.33 Å². The van der Waals surface area contributed by atoms with E-state index in [-0.39, 0.29) is 5.91 Å². The number of hydrogen-bond donors (Lipinski definition) is 2. The van der Waals surface area contributed by atoms with Gasteiger partial charge in [-0.05, 0) is 33.8 Å². The highest BCUT2D eigenvalue weighted by Gasteiger charge is 2.40. The Balaban J connectivity index is 2.62. The van der Waals surface area contributed by atoms with Crippen LogP contribution in [-0.4, -0.2) is 21.4 Å². The number of rotatable bonds is 4. The normalized spacial score (nSPS) is 12.3. The Morgan fingerprint density at radius 2 is 2.06 bits per heavy atom. The zero-order chi connectivity index (χ0) is 13.1. The zero-order valence-corrected chi connectivity index (χ0v) is 10.8. The zero-order valence-electron chi connectivity index (χ0n) is 10.8. The molecule has 0 radical (unpaired) electrons. The Morgan fingerprint density at radius 3 is 2.53 bits per heavy atom. The van der Waals surface area contributed by atoms with Crippen LogP contribution in [0.25, 0.3) is 0 Å². The van der Waals surface area contributed by atoms with E-state index in [1.54, 1.807) is 12.3 Å². The van der Waals surface area contributed by atoms with Crippen molar-refractivity contribution in [1.82, 2.24) is 15.3 Å². The lowest BCUT2D eigenvalue weighted by Crippen LogP contribution is -2.55. The number of carbonyl (C=O) groups is 1. The Hall–Kier alpha value is -1.49. The standard InChI is InChI=1S/C12H20N4O/c1-11(2,12(3,4)13)10(17)15-7-9-5-6-14-8-16-9/h5-6,8H,7,13H2,1-4H3,(H,15,17). The van der Waals surface area contributed by atoms with Gasteiger partial charge in [0.2, 0.25) is 5.91 Å². The van der Waals surface area contributed by atoms with Crippen molar-refractivity contribution in [3.63, 3.8) is 0 Å². The third-order valence-electron chi connectivity index (χ3n) is 3.25. The summed E-state index contributed by atoms with van der Waals surface area (Å²) in [6.07, 6.45) is 3.10. The Labute approximate surface area is 102 Å². The minimum absolute atomic E-state index is 0.0800. The molecule has 1 rings (SSSR count). The number of aromatic nitrogens is 2. The molecule has 0 aliphatic heterocycles. The van der Waals surface area contributed by atoms with Crippen molar-refractivity contribution in [2.24, 2.45) is 11.1 Å². The fraction of sp³-hybridized carbons (Fsp3) is 0.583. The van der Waals surface area contributed by atoms with Crippen molar-refractivity contribution in [3.05, 3.63) is 24.3 Å². The molecule has 5 heteroatoms. The van der Waals surface area contributed by atoms with Crippen molar-refractivity contribution < 1.29 is 4.79 Å². The fourth-order valence-corrected chi connectivity index (χ4v) is 1.11. The summed E-state index contributed by atoms with van der Waals surface area (Å²) in [5.74, 6) is -0.0800. The van der Waals surface area contributed by atoms with Gasteiger partial charge >= 0.3 is 0 Å². The topological polar surface area (TPSA) is 80.9 Å². The first kappa shape index (κ1) is 13.6. The molecule has 0 spiro atoms. The molecule has 0 aliphatic carbocycles. The van der Waals surface area contributed by atoms with Crippen LogP contribution in [0.1, 0.15) is 33.4 Å². The van der Waals surface area contributed by atoms with Crippen molar-refractivity contribution in [3.8, 4) is 0 Å². The number of hydrogen-bond acceptors (Lipinski definition) is 4. The van der Waals surface area contributed by atoms with E-state index in [0.29, 0.717) is 6.54 Å². The summed E-state index contributed by atoms with van der Waals surface area (Å²) in [5, 5.41) is 2.84. The molecule has 1 aromatic heterocycles. The van der Waals surface area contributed by atoms with Gasteiger partial charge in [-0.25, -0.2) is 9.97 Å². The quantitative estimate of drug-likeness (QED) is 0.812. The molecule has 0 unspecified atom stereocenters. The number of amides is 1. The van der Waals surface area contributed by atoms with Crippen LogP contribution in [0.3, 0.4) is 0 Å². The highest BCUT2D eigenvalue weighted by atomic mass is 16.2. The molecule has 0 aromatic carbocycles. The van der Waals surface area contributed by atoms with Gasteiger partial charge in [0.05, 0.1) is 17.7 Å². The summed E-state index contributed by atoms with van der Waals surface area (Å²) in [4.78, 5) is 19.9. The van der Waals surface area contributed by atoms with Crippen LogP contribution in [0.5, 0.6) is 0 Å². The highest BCUT2D eigenvalue weighted by molar-refractivity contribution is 5.83. The van der Waals surface area contributed by atoms with E-state index >= 15 is 0 Å². The average molecular weight is 236 g/mol. The summed E-state index contributed by atoms with van der Waals surface area (Å²) < 4.78 is 0. The lowest BCUT2D eigenvalue weighted by atomic mass is 9.74. The van der Waals surface area contributed by atoms with E-state index in [9.17, 15) is 4.79 Å². The monoisotopic (exact) mass is 236 g/mol. The van der Waals surface area contributed by atoms with Gasteiger partial charge in [-0.2, -0.15) is 0 Å². The molecular weight excluding hydrogens is 216 g/mol. The summed E-state index contributed by atoms with van der Waals surface area (Å²) >= 11 is 0. The van der Waals surface area contributed by atoms with Crippen molar-refractivity contribution in [2.75, 3.05) is 0 Å². The number of nitrogens with two attached hydrogens (primary N) is 1. The lowest BCUT2D eigenvalue weighted by Gasteiger charge is -2.36. The van der Waals surface area contributed by atoms with Gasteiger partial charge in [0.25, 0.3) is 0 Å². The molecule has 17 heavy (non-hydrogen) atoms. The molecule has 1 aromatic rings. The van der Waals surface area contributed by atoms with Crippen LogP contribution < -0.4 is 11.1 Å². The molecule has 0 atom stereocenters. The van der Waals surface area contributed by atoms with Crippen LogP contribution >= 0.6 is 0 Å². The minimum atomic E-state index is -0.639. The third-order valence-corrected chi connectivity index (χ3v) is 3.25. The fourth-order valence-electron chi connectivity index (χ4n) is 1.11. The number of nitrogens with zero attached hydrogens (tertiary/aromatic N) is 2. The van der Waals surface area contributed by atoms with Gasteiger partial charge in [-0.3, -0.25) is 4.79 Å². The second-order valence-electron chi connectivity index (χ2n) is 5.23. The van der Waals surface area contributed by atoms with Gasteiger partial charge in [0.15, 0.2) is 0 Å². The van der Waals surface area contributed by atoms with E-state index < -0.39 is 11.0 Å². The molecule has 1 amide bonds. The van der Waals surface area contributed by atoms with Crippen LogP contribution in [0.4, 0.5) is 0 Å². The lowest BCUT2D eigenvalue weighted by molar-refractivity contribution is -0.132. The minimum Gasteiger partial charge on any atom is -0.350 e. The van der Waals surface area contributed by atoms with Gasteiger partial charge in [-0.15, -0.1) is 0 Å². The van der Waals surface area contributed by atoms with E-state index in [1.807, 2.05) is 27.7 Å². The maximum absolute atomic E-state index is 12.1. The number of carbonyl (C=O) groups excluding carboxylic acids is 1. The summed E-state index contributed by atoms with van der Waals surface area (Å²) in [6, 6.07) is 1.76. The van der Waals surface area contributed by atoms with E-state index in [1.165, 1.54) is 6.33 Å². The Morgan fingerprint density at radius 1 is 1.41 bits per heavy atom. The van der Waals surface area contributed by atoms with Crippen LogP contribution in [-0.2, 0) is 11.3 Å². The summed E-state index contributed by atoms with van der Waals surface area (Å²) in [6.45, 7) is 7.75. The van der Waals surface area contributed by atoms with Gasteiger partial charge < -0.3 is 11.1 Å². The van der Waals surface area contributed by atoms with Crippen molar-refractivity contribution in [1.29, 1.82) is 0 Å². The summed E-state index contributed by atoms with van der Waals surface area (Å²) in [7, 11) is 0. The first-order valence-corrected chi connectivity index (χ1v) is 5.57. The maximum Gasteiger partial charge on any atom is 0.227 e. The van der Waals surface area contributed by atoms with Crippen molar-refractivity contribution in [2.45, 2.75) is 39.8 Å². The van der Waals surface area contributed by atoms with Crippen LogP contribution in [0, 0.1) is 5.41 Å². The van der Waals surface area contributed by atoms with Gasteiger partial charge in [-0.1, -0.05) is 0 Å². The molecule has 3 N–H and O–H groups in total. The molecule has 0 fully saturated rings. The molecule has 0 bridgehead atoms. The molecular formula is C12H20N4O. The Kier molecular flexibility index (Phi) is 3.83. The van der Waals surface area contributed by atoms with Crippen LogP contribution in [0.15, 0.2) is 18.6 Å². The SMILES string of the molecule is CC(C)(N)C(C)(C)C(=O)NCc1ccncn1. The Bertz CT molecular complexity index is 381. The van der Waals surface area contributed by atoms with E-state index in [4.69, 9.17) is 5.73 Å². The largest absolute Gasteiger partial charge is 0.350 e. The van der Waals surface area contributed by atoms with Crippen LogP contribution in [0.2, 0.25) is 0 Å². The summed E-state index contributed by atoms with van der Waals surface area (Å²) in [5.41, 5.74) is 5.55. The first-order valence-electron chi connectivity index (χ1n) is 5.57. The van der Waals surface area contributed by atoms with E-state index in [2.05, 4.69) is 15.3 Å². The second kappa shape index (κ2) is 4.79. The smallest absolute Gasteiger partial charge is 0.227 e. The molecule has 0 aliphatic rings. The second-order valence-corrected chi connectivity index (χ2v) is 5.23. The molecule has 0 saturated carbocycles. The highest BCUT2D eigenvalue weighted by Crippen LogP contribution is 2.28. The predicted molar refractivity (Wildman–Crippen MR) is 65.9 cm³/mol. The average Bonchev–Trinajstić information content (AvgIpc) is 2.25. The molecule has 5 nitrogen and oxygen atoms in total. The predicted octanol–water partition coefficient (Wildman–Crippen LogP) is 0.856. The van der Waals surface area contributed by atoms with E-state index in [0.717, 1.165) is 5.69 Å². The third kappa shape index (κ3) is 3.23. The number of nitrogens with one attached hydrogen (secondary N) is 1. The molecule has 0 saturated heterocycles. The molecule has 1 heterocycles. The first-order chi connectivity index (χ1) is 7.75. The van der Waals surface area contributed by atoms with Gasteiger partial charge in [0, 0.05) is 11.7 Å².